The number of hydrogen-bond donors (Lipinski definition) is 1. The molecule has 5 heteroatoms. The number of hydrogen-bond acceptors (Lipinski definition) is 2. The summed E-state index contributed by atoms with van der Waals surface area (Å²) in [6.45, 7) is 5.97. The second kappa shape index (κ2) is 6.77. The SMILES string of the molecule is CCC(C)C1NC(=O)C(CC)N(c2ccc(I)cc2)C1=O. The van der Waals surface area contributed by atoms with Crippen LogP contribution in [-0.4, -0.2) is 23.9 Å². The van der Waals surface area contributed by atoms with Gasteiger partial charge >= 0.3 is 0 Å². The monoisotopic (exact) mass is 400 g/mol. The van der Waals surface area contributed by atoms with Gasteiger partial charge < -0.3 is 5.32 Å². The van der Waals surface area contributed by atoms with Crippen molar-refractivity contribution in [2.24, 2.45) is 5.92 Å². The van der Waals surface area contributed by atoms with Crippen LogP contribution in [0.25, 0.3) is 0 Å². The molecule has 1 aliphatic rings. The lowest BCUT2D eigenvalue weighted by atomic mass is 9.93. The lowest BCUT2D eigenvalue weighted by Crippen LogP contribution is -2.65. The van der Waals surface area contributed by atoms with Crippen molar-refractivity contribution in [1.29, 1.82) is 0 Å². The van der Waals surface area contributed by atoms with E-state index in [-0.39, 0.29) is 17.7 Å². The van der Waals surface area contributed by atoms with E-state index in [2.05, 4.69) is 27.9 Å². The average Bonchev–Trinajstić information content (AvgIpc) is 2.49. The van der Waals surface area contributed by atoms with Crippen LogP contribution in [0.1, 0.15) is 33.6 Å². The highest BCUT2D eigenvalue weighted by Gasteiger charge is 2.42. The van der Waals surface area contributed by atoms with E-state index in [9.17, 15) is 9.59 Å². The van der Waals surface area contributed by atoms with E-state index in [1.165, 1.54) is 0 Å². The molecule has 1 fully saturated rings. The third kappa shape index (κ3) is 3.22. The Kier molecular flexibility index (Phi) is 5.24. The first kappa shape index (κ1) is 16.3. The lowest BCUT2D eigenvalue weighted by Gasteiger charge is -2.40. The Bertz CT molecular complexity index is 530. The Morgan fingerprint density at radius 2 is 1.86 bits per heavy atom. The quantitative estimate of drug-likeness (QED) is 0.791. The minimum absolute atomic E-state index is 0.00277. The summed E-state index contributed by atoms with van der Waals surface area (Å²) >= 11 is 2.23. The van der Waals surface area contributed by atoms with Crippen LogP contribution in [0.2, 0.25) is 0 Å². The largest absolute Gasteiger partial charge is 0.342 e. The van der Waals surface area contributed by atoms with Gasteiger partial charge in [0.15, 0.2) is 0 Å². The van der Waals surface area contributed by atoms with Crippen molar-refractivity contribution in [2.45, 2.75) is 45.7 Å². The number of nitrogens with zero attached hydrogens (tertiary/aromatic N) is 1. The average molecular weight is 400 g/mol. The van der Waals surface area contributed by atoms with Gasteiger partial charge in [0.1, 0.15) is 12.1 Å². The van der Waals surface area contributed by atoms with Crippen LogP contribution in [0.5, 0.6) is 0 Å². The molecule has 1 aliphatic heterocycles. The molecule has 1 heterocycles. The van der Waals surface area contributed by atoms with Crippen LogP contribution in [0.3, 0.4) is 0 Å². The van der Waals surface area contributed by atoms with E-state index in [0.717, 1.165) is 15.7 Å². The van der Waals surface area contributed by atoms with E-state index in [1.807, 2.05) is 45.0 Å². The van der Waals surface area contributed by atoms with Gasteiger partial charge in [-0.1, -0.05) is 27.2 Å². The predicted molar refractivity (Wildman–Crippen MR) is 92.1 cm³/mol. The number of carbonyl (C=O) groups is 2. The summed E-state index contributed by atoms with van der Waals surface area (Å²) in [4.78, 5) is 26.9. The fourth-order valence-corrected chi connectivity index (χ4v) is 2.99. The molecule has 3 atom stereocenters. The van der Waals surface area contributed by atoms with E-state index >= 15 is 0 Å². The van der Waals surface area contributed by atoms with Gasteiger partial charge in [0.25, 0.3) is 5.91 Å². The molecule has 0 spiro atoms. The molecule has 4 nitrogen and oxygen atoms in total. The highest BCUT2D eigenvalue weighted by molar-refractivity contribution is 14.1. The maximum absolute atomic E-state index is 12.8. The maximum Gasteiger partial charge on any atom is 0.250 e. The Morgan fingerprint density at radius 3 is 2.38 bits per heavy atom. The minimum atomic E-state index is -0.426. The van der Waals surface area contributed by atoms with Crippen molar-refractivity contribution in [3.8, 4) is 0 Å². The number of nitrogens with one attached hydrogen (secondary N) is 1. The Labute approximate surface area is 139 Å². The van der Waals surface area contributed by atoms with Crippen LogP contribution < -0.4 is 10.2 Å². The molecule has 2 rings (SSSR count). The zero-order valence-electron chi connectivity index (χ0n) is 12.6. The van der Waals surface area contributed by atoms with Crippen LogP contribution in [0, 0.1) is 9.49 Å². The molecule has 0 bridgehead atoms. The molecule has 1 aromatic rings. The van der Waals surface area contributed by atoms with Gasteiger partial charge in [-0.15, -0.1) is 0 Å². The van der Waals surface area contributed by atoms with E-state index in [4.69, 9.17) is 0 Å². The summed E-state index contributed by atoms with van der Waals surface area (Å²) in [7, 11) is 0. The molecule has 0 aliphatic carbocycles. The first-order valence-corrected chi connectivity index (χ1v) is 8.46. The summed E-state index contributed by atoms with van der Waals surface area (Å²) in [5, 5.41) is 2.90. The number of anilines is 1. The third-order valence-corrected chi connectivity index (χ3v) is 4.84. The second-order valence-corrected chi connectivity index (χ2v) is 6.73. The van der Waals surface area contributed by atoms with E-state index in [1.54, 1.807) is 4.90 Å². The zero-order chi connectivity index (χ0) is 15.6. The number of halogens is 1. The van der Waals surface area contributed by atoms with E-state index < -0.39 is 12.1 Å². The zero-order valence-corrected chi connectivity index (χ0v) is 14.8. The molecule has 0 radical (unpaired) electrons. The highest BCUT2D eigenvalue weighted by atomic mass is 127. The minimum Gasteiger partial charge on any atom is -0.342 e. The Hall–Kier alpha value is -1.11. The summed E-state index contributed by atoms with van der Waals surface area (Å²) in [6.07, 6.45) is 1.46. The number of rotatable bonds is 4. The number of carbonyl (C=O) groups excluding carboxylic acids is 2. The normalized spacial score (nSPS) is 23.9. The van der Waals surface area contributed by atoms with Crippen molar-refractivity contribution in [1.82, 2.24) is 5.32 Å². The van der Waals surface area contributed by atoms with E-state index in [0.29, 0.717) is 6.42 Å². The van der Waals surface area contributed by atoms with Crippen molar-refractivity contribution in [3.63, 3.8) is 0 Å². The summed E-state index contributed by atoms with van der Waals surface area (Å²) < 4.78 is 1.11. The summed E-state index contributed by atoms with van der Waals surface area (Å²) in [5.74, 6) is 0.0727. The molecule has 1 N–H and O–H groups in total. The van der Waals surface area contributed by atoms with Gasteiger partial charge in [0, 0.05) is 9.26 Å². The fourth-order valence-electron chi connectivity index (χ4n) is 2.63. The van der Waals surface area contributed by atoms with Gasteiger partial charge in [-0.3, -0.25) is 14.5 Å². The first-order valence-electron chi connectivity index (χ1n) is 7.38. The number of piperazine rings is 1. The molecule has 1 aromatic carbocycles. The molecule has 0 saturated carbocycles. The lowest BCUT2D eigenvalue weighted by molar-refractivity contribution is -0.135. The predicted octanol–water partition coefficient (Wildman–Crippen LogP) is 2.95. The van der Waals surface area contributed by atoms with Crippen molar-refractivity contribution < 1.29 is 9.59 Å². The molecule has 3 unspecified atom stereocenters. The van der Waals surface area contributed by atoms with Crippen molar-refractivity contribution in [3.05, 3.63) is 27.8 Å². The number of amides is 2. The molecule has 114 valence electrons. The highest BCUT2D eigenvalue weighted by Crippen LogP contribution is 2.26. The second-order valence-electron chi connectivity index (χ2n) is 5.48. The van der Waals surface area contributed by atoms with Crippen LogP contribution >= 0.6 is 22.6 Å². The van der Waals surface area contributed by atoms with Crippen LogP contribution in [0.4, 0.5) is 5.69 Å². The summed E-state index contributed by atoms with van der Waals surface area (Å²) in [6, 6.07) is 6.90. The molecular formula is C16H21IN2O2. The molecule has 21 heavy (non-hydrogen) atoms. The molecule has 1 saturated heterocycles. The van der Waals surface area contributed by atoms with Crippen LogP contribution in [-0.2, 0) is 9.59 Å². The van der Waals surface area contributed by atoms with Gasteiger partial charge in [0.2, 0.25) is 5.91 Å². The van der Waals surface area contributed by atoms with Gasteiger partial charge in [-0.2, -0.15) is 0 Å². The first-order chi connectivity index (χ1) is 9.99. The maximum atomic E-state index is 12.8. The number of benzene rings is 1. The van der Waals surface area contributed by atoms with Crippen molar-refractivity contribution in [2.75, 3.05) is 4.90 Å². The smallest absolute Gasteiger partial charge is 0.250 e. The van der Waals surface area contributed by atoms with Crippen molar-refractivity contribution >= 4 is 40.1 Å². The Morgan fingerprint density at radius 1 is 1.24 bits per heavy atom. The third-order valence-electron chi connectivity index (χ3n) is 4.12. The fraction of sp³-hybridized carbons (Fsp3) is 0.500. The Balaban J connectivity index is 2.39. The molecule has 0 aromatic heterocycles. The molecule has 2 amide bonds. The van der Waals surface area contributed by atoms with Gasteiger partial charge in [0.05, 0.1) is 0 Å². The topological polar surface area (TPSA) is 49.4 Å². The van der Waals surface area contributed by atoms with Gasteiger partial charge in [-0.25, -0.2) is 0 Å². The summed E-state index contributed by atoms with van der Waals surface area (Å²) in [5.41, 5.74) is 0.801. The van der Waals surface area contributed by atoms with Crippen LogP contribution in [0.15, 0.2) is 24.3 Å². The standard InChI is InChI=1S/C16H21IN2O2/c1-4-10(3)14-16(21)19(13(5-2)15(20)18-14)12-8-6-11(17)7-9-12/h6-10,13-14H,4-5H2,1-3H3,(H,18,20). The molecular weight excluding hydrogens is 379 g/mol. The van der Waals surface area contributed by atoms with Gasteiger partial charge in [-0.05, 0) is 59.2 Å².